The smallest absolute Gasteiger partial charge is 0.231 e. The van der Waals surface area contributed by atoms with Crippen LogP contribution < -0.4 is 19.7 Å². The van der Waals surface area contributed by atoms with Crippen LogP contribution in [0.4, 0.5) is 10.8 Å². The lowest BCUT2D eigenvalue weighted by Crippen LogP contribution is -2.28. The molecule has 0 bridgehead atoms. The second-order valence-electron chi connectivity index (χ2n) is 7.55. The van der Waals surface area contributed by atoms with Crippen LogP contribution in [0.2, 0.25) is 0 Å². The third-order valence-corrected chi connectivity index (χ3v) is 6.46. The van der Waals surface area contributed by atoms with Crippen molar-refractivity contribution in [3.63, 3.8) is 0 Å². The maximum absolute atomic E-state index is 12.9. The zero-order valence-electron chi connectivity index (χ0n) is 17.2. The molecule has 0 spiro atoms. The standard InChI is InChI=1S/C23H19N3O5S/c1-13(27)21-20(14-5-3-2-4-6-14)24-23(32-21)25-22(29)15-9-19(28)26(11-15)16-7-8-17-18(10-16)31-12-30-17/h2-8,10,15H,9,11-12H2,1H3,(H,24,25,29). The molecule has 1 N–H and O–H groups in total. The van der Waals surface area contributed by atoms with Crippen molar-refractivity contribution in [2.24, 2.45) is 5.92 Å². The molecule has 162 valence electrons. The largest absolute Gasteiger partial charge is 0.454 e. The number of anilines is 2. The van der Waals surface area contributed by atoms with E-state index in [1.807, 2.05) is 30.3 Å². The molecule has 1 fully saturated rings. The number of amides is 2. The number of carbonyl (C=O) groups excluding carboxylic acids is 3. The van der Waals surface area contributed by atoms with Crippen molar-refractivity contribution >= 4 is 39.8 Å². The molecule has 8 nitrogen and oxygen atoms in total. The van der Waals surface area contributed by atoms with Gasteiger partial charge in [0.2, 0.25) is 18.6 Å². The van der Waals surface area contributed by atoms with E-state index in [2.05, 4.69) is 10.3 Å². The molecule has 1 aromatic heterocycles. The fourth-order valence-corrected chi connectivity index (χ4v) is 4.68. The Morgan fingerprint density at radius 3 is 2.69 bits per heavy atom. The van der Waals surface area contributed by atoms with Gasteiger partial charge in [0.05, 0.1) is 16.5 Å². The maximum Gasteiger partial charge on any atom is 0.231 e. The summed E-state index contributed by atoms with van der Waals surface area (Å²) in [6, 6.07) is 14.6. The van der Waals surface area contributed by atoms with E-state index in [-0.39, 0.29) is 37.4 Å². The first kappa shape index (κ1) is 20.2. The van der Waals surface area contributed by atoms with Crippen molar-refractivity contribution in [1.82, 2.24) is 4.98 Å². The summed E-state index contributed by atoms with van der Waals surface area (Å²) in [6.07, 6.45) is 0.0940. The number of ketones is 1. The SMILES string of the molecule is CC(=O)c1sc(NC(=O)C2CC(=O)N(c3ccc4c(c3)OCO4)C2)nc1-c1ccccc1. The number of nitrogens with zero attached hydrogens (tertiary/aromatic N) is 2. The predicted molar refractivity (Wildman–Crippen MR) is 119 cm³/mol. The van der Waals surface area contributed by atoms with Gasteiger partial charge in [-0.05, 0) is 12.1 Å². The van der Waals surface area contributed by atoms with Crippen molar-refractivity contribution in [3.05, 3.63) is 53.4 Å². The van der Waals surface area contributed by atoms with Gasteiger partial charge in [0.15, 0.2) is 22.4 Å². The summed E-state index contributed by atoms with van der Waals surface area (Å²) in [4.78, 5) is 44.1. The van der Waals surface area contributed by atoms with Crippen LogP contribution in [-0.4, -0.2) is 35.9 Å². The van der Waals surface area contributed by atoms with Gasteiger partial charge >= 0.3 is 0 Å². The van der Waals surface area contributed by atoms with Gasteiger partial charge in [-0.15, -0.1) is 0 Å². The average molecular weight is 449 g/mol. The number of aromatic nitrogens is 1. The van der Waals surface area contributed by atoms with E-state index < -0.39 is 5.92 Å². The Kier molecular flexibility index (Phi) is 5.10. The van der Waals surface area contributed by atoms with Crippen molar-refractivity contribution < 1.29 is 23.9 Å². The molecule has 1 saturated heterocycles. The van der Waals surface area contributed by atoms with E-state index in [9.17, 15) is 14.4 Å². The van der Waals surface area contributed by atoms with Gasteiger partial charge < -0.3 is 19.7 Å². The molecule has 1 unspecified atom stereocenters. The van der Waals surface area contributed by atoms with Crippen molar-refractivity contribution in [3.8, 4) is 22.8 Å². The first-order valence-electron chi connectivity index (χ1n) is 10.1. The topological polar surface area (TPSA) is 97.8 Å². The number of Topliss-reactive ketones (excluding diaryl/α,β-unsaturated/α-hetero) is 1. The number of benzene rings is 2. The molecule has 1 atom stereocenters. The van der Waals surface area contributed by atoms with E-state index in [1.165, 1.54) is 6.92 Å². The summed E-state index contributed by atoms with van der Waals surface area (Å²) in [5.74, 6) is 0.123. The van der Waals surface area contributed by atoms with Crippen LogP contribution in [0.1, 0.15) is 23.0 Å². The van der Waals surface area contributed by atoms with E-state index in [1.54, 1.807) is 23.1 Å². The lowest BCUT2D eigenvalue weighted by Gasteiger charge is -2.17. The Morgan fingerprint density at radius 1 is 1.12 bits per heavy atom. The van der Waals surface area contributed by atoms with Crippen molar-refractivity contribution in [1.29, 1.82) is 0 Å². The van der Waals surface area contributed by atoms with Gasteiger partial charge in [-0.25, -0.2) is 4.98 Å². The van der Waals surface area contributed by atoms with Crippen LogP contribution in [0, 0.1) is 5.92 Å². The van der Waals surface area contributed by atoms with Crippen LogP contribution >= 0.6 is 11.3 Å². The summed E-state index contributed by atoms with van der Waals surface area (Å²) >= 11 is 1.14. The van der Waals surface area contributed by atoms with Gasteiger partial charge in [-0.2, -0.15) is 0 Å². The Labute approximate surface area is 187 Å². The number of hydrogen-bond acceptors (Lipinski definition) is 7. The van der Waals surface area contributed by atoms with Crippen LogP contribution in [0.15, 0.2) is 48.5 Å². The molecule has 0 radical (unpaired) electrons. The van der Waals surface area contributed by atoms with Crippen molar-refractivity contribution in [2.75, 3.05) is 23.6 Å². The number of nitrogens with one attached hydrogen (secondary N) is 1. The summed E-state index contributed by atoms with van der Waals surface area (Å²) in [6.45, 7) is 1.88. The second kappa shape index (κ2) is 8.08. The fraction of sp³-hybridized carbons (Fsp3) is 0.217. The molecule has 2 aromatic carbocycles. The highest BCUT2D eigenvalue weighted by molar-refractivity contribution is 7.18. The minimum Gasteiger partial charge on any atom is -0.454 e. The zero-order chi connectivity index (χ0) is 22.2. The number of ether oxygens (including phenoxy) is 2. The molecule has 3 aromatic rings. The molecular weight excluding hydrogens is 430 g/mol. The Hall–Kier alpha value is -3.72. The first-order valence-corrected chi connectivity index (χ1v) is 10.9. The van der Waals surface area contributed by atoms with Gasteiger partial charge in [0.1, 0.15) is 0 Å². The van der Waals surface area contributed by atoms with E-state index >= 15 is 0 Å². The van der Waals surface area contributed by atoms with Gasteiger partial charge in [0, 0.05) is 37.2 Å². The lowest BCUT2D eigenvalue weighted by molar-refractivity contribution is -0.122. The summed E-state index contributed by atoms with van der Waals surface area (Å²) in [5, 5.41) is 3.14. The number of carbonyl (C=O) groups is 3. The Morgan fingerprint density at radius 2 is 1.91 bits per heavy atom. The molecular formula is C23H19N3O5S. The van der Waals surface area contributed by atoms with Gasteiger partial charge in [-0.3, -0.25) is 14.4 Å². The molecule has 32 heavy (non-hydrogen) atoms. The summed E-state index contributed by atoms with van der Waals surface area (Å²) in [7, 11) is 0. The van der Waals surface area contributed by atoms with E-state index in [0.29, 0.717) is 32.9 Å². The minimum absolute atomic E-state index is 0.0940. The van der Waals surface area contributed by atoms with Gasteiger partial charge in [0.25, 0.3) is 0 Å². The lowest BCUT2D eigenvalue weighted by atomic mass is 10.1. The number of fused-ring (bicyclic) bond motifs is 1. The molecule has 5 rings (SSSR count). The van der Waals surface area contributed by atoms with E-state index in [4.69, 9.17) is 9.47 Å². The summed E-state index contributed by atoms with van der Waals surface area (Å²) in [5.41, 5.74) is 2.01. The highest BCUT2D eigenvalue weighted by atomic mass is 32.1. The van der Waals surface area contributed by atoms with Crippen molar-refractivity contribution in [2.45, 2.75) is 13.3 Å². The normalized spacial score (nSPS) is 17.0. The molecule has 3 heterocycles. The summed E-state index contributed by atoms with van der Waals surface area (Å²) < 4.78 is 10.7. The maximum atomic E-state index is 12.9. The van der Waals surface area contributed by atoms with E-state index in [0.717, 1.165) is 16.9 Å². The molecule has 2 aliphatic rings. The number of rotatable bonds is 5. The monoisotopic (exact) mass is 449 g/mol. The molecule has 2 aliphatic heterocycles. The van der Waals surface area contributed by atoms with Gasteiger partial charge in [-0.1, -0.05) is 41.7 Å². The average Bonchev–Trinajstić information content (AvgIpc) is 3.51. The number of thiazole rings is 1. The first-order chi connectivity index (χ1) is 15.5. The third-order valence-electron chi connectivity index (χ3n) is 5.39. The predicted octanol–water partition coefficient (Wildman–Crippen LogP) is 3.73. The molecule has 2 amide bonds. The van der Waals surface area contributed by atoms with Crippen LogP contribution in [0.25, 0.3) is 11.3 Å². The fourth-order valence-electron chi connectivity index (χ4n) is 3.80. The Bertz CT molecular complexity index is 1220. The highest BCUT2D eigenvalue weighted by Gasteiger charge is 2.36. The number of hydrogen-bond donors (Lipinski definition) is 1. The Balaban J connectivity index is 1.32. The highest BCUT2D eigenvalue weighted by Crippen LogP contribution is 2.37. The molecule has 0 aliphatic carbocycles. The second-order valence-corrected chi connectivity index (χ2v) is 8.55. The minimum atomic E-state index is -0.530. The third kappa shape index (κ3) is 3.71. The molecule has 0 saturated carbocycles. The quantitative estimate of drug-likeness (QED) is 0.596. The van der Waals surface area contributed by atoms with Crippen LogP contribution in [0.5, 0.6) is 11.5 Å². The zero-order valence-corrected chi connectivity index (χ0v) is 18.0. The van der Waals surface area contributed by atoms with Crippen LogP contribution in [-0.2, 0) is 9.59 Å². The van der Waals surface area contributed by atoms with Crippen LogP contribution in [0.3, 0.4) is 0 Å². The molecule has 9 heteroatoms.